The summed E-state index contributed by atoms with van der Waals surface area (Å²) in [5.41, 5.74) is -0.332. The number of ether oxygens (including phenoxy) is 1. The number of nitrogens with zero attached hydrogens (tertiary/aromatic N) is 1. The number of allylic oxidation sites excluding steroid dienone is 1. The zero-order valence-corrected chi connectivity index (χ0v) is 6.55. The first-order valence-electron chi connectivity index (χ1n) is 3.36. The molecule has 0 fully saturated rings. The first-order valence-corrected chi connectivity index (χ1v) is 3.36. The van der Waals surface area contributed by atoms with Crippen LogP contribution in [-0.4, -0.2) is 11.4 Å². The second kappa shape index (κ2) is 2.39. The minimum atomic E-state index is -0.447. The molecule has 0 unspecified atom stereocenters. The second-order valence-electron chi connectivity index (χ2n) is 3.12. The summed E-state index contributed by atoms with van der Waals surface area (Å²) >= 11 is 0. The van der Waals surface area contributed by atoms with Gasteiger partial charge in [-0.25, -0.2) is 0 Å². The molecule has 0 amide bonds. The van der Waals surface area contributed by atoms with Crippen molar-refractivity contribution in [3.05, 3.63) is 11.8 Å². The SMILES string of the molecule is CC1(C)CC(=O)C(C#N)=CO1. The van der Waals surface area contributed by atoms with Crippen LogP contribution in [0.3, 0.4) is 0 Å². The normalized spacial score (nSPS) is 21.5. The Morgan fingerprint density at radius 3 is 2.82 bits per heavy atom. The average Bonchev–Trinajstić information content (AvgIpc) is 1.86. The summed E-state index contributed by atoms with van der Waals surface area (Å²) in [6, 6.07) is 1.78. The van der Waals surface area contributed by atoms with Crippen LogP contribution in [0.5, 0.6) is 0 Å². The van der Waals surface area contributed by atoms with Crippen LogP contribution in [0.4, 0.5) is 0 Å². The van der Waals surface area contributed by atoms with Gasteiger partial charge in [-0.05, 0) is 13.8 Å². The first kappa shape index (κ1) is 7.80. The lowest BCUT2D eigenvalue weighted by molar-refractivity contribution is -0.121. The van der Waals surface area contributed by atoms with Gasteiger partial charge in [0.1, 0.15) is 23.5 Å². The van der Waals surface area contributed by atoms with Crippen molar-refractivity contribution in [2.45, 2.75) is 25.9 Å². The predicted molar refractivity (Wildman–Crippen MR) is 38.5 cm³/mol. The third-order valence-electron chi connectivity index (χ3n) is 1.50. The molecule has 0 atom stereocenters. The number of nitriles is 1. The Morgan fingerprint density at radius 2 is 2.36 bits per heavy atom. The van der Waals surface area contributed by atoms with Crippen LogP contribution < -0.4 is 0 Å². The molecule has 11 heavy (non-hydrogen) atoms. The zero-order valence-electron chi connectivity index (χ0n) is 6.55. The van der Waals surface area contributed by atoms with Crippen molar-refractivity contribution in [3.63, 3.8) is 0 Å². The Bertz CT molecular complexity index is 258. The van der Waals surface area contributed by atoms with Gasteiger partial charge in [-0.2, -0.15) is 5.26 Å². The van der Waals surface area contributed by atoms with E-state index >= 15 is 0 Å². The zero-order chi connectivity index (χ0) is 8.48. The molecule has 0 aromatic heterocycles. The number of rotatable bonds is 0. The summed E-state index contributed by atoms with van der Waals surface area (Å²) in [7, 11) is 0. The Morgan fingerprint density at radius 1 is 1.73 bits per heavy atom. The number of hydrogen-bond acceptors (Lipinski definition) is 3. The van der Waals surface area contributed by atoms with E-state index in [4.69, 9.17) is 10.00 Å². The molecule has 0 aromatic carbocycles. The lowest BCUT2D eigenvalue weighted by atomic mass is 9.96. The summed E-state index contributed by atoms with van der Waals surface area (Å²) in [6.45, 7) is 3.63. The number of carbonyl (C=O) groups excluding carboxylic acids is 1. The largest absolute Gasteiger partial charge is 0.493 e. The highest BCUT2D eigenvalue weighted by atomic mass is 16.5. The van der Waals surface area contributed by atoms with E-state index in [0.717, 1.165) is 0 Å². The highest BCUT2D eigenvalue weighted by Gasteiger charge is 2.29. The van der Waals surface area contributed by atoms with E-state index in [0.29, 0.717) is 0 Å². The van der Waals surface area contributed by atoms with Crippen LogP contribution >= 0.6 is 0 Å². The van der Waals surface area contributed by atoms with Crippen LogP contribution in [0.15, 0.2) is 11.8 Å². The second-order valence-corrected chi connectivity index (χ2v) is 3.12. The van der Waals surface area contributed by atoms with Gasteiger partial charge >= 0.3 is 0 Å². The van der Waals surface area contributed by atoms with E-state index in [9.17, 15) is 4.79 Å². The van der Waals surface area contributed by atoms with Crippen molar-refractivity contribution in [2.75, 3.05) is 0 Å². The number of ketones is 1. The third-order valence-corrected chi connectivity index (χ3v) is 1.50. The van der Waals surface area contributed by atoms with E-state index in [-0.39, 0.29) is 17.8 Å². The first-order chi connectivity index (χ1) is 5.05. The fraction of sp³-hybridized carbons (Fsp3) is 0.500. The highest BCUT2D eigenvalue weighted by molar-refractivity contribution is 5.99. The molecule has 0 N–H and O–H groups in total. The molecule has 1 aliphatic heterocycles. The van der Waals surface area contributed by atoms with Gasteiger partial charge in [0.15, 0.2) is 5.78 Å². The Labute approximate surface area is 65.3 Å². The monoisotopic (exact) mass is 151 g/mol. The van der Waals surface area contributed by atoms with Crippen LogP contribution in [0, 0.1) is 11.3 Å². The van der Waals surface area contributed by atoms with Crippen molar-refractivity contribution in [1.82, 2.24) is 0 Å². The molecule has 0 aromatic rings. The van der Waals surface area contributed by atoms with Crippen molar-refractivity contribution in [3.8, 4) is 6.07 Å². The third kappa shape index (κ3) is 1.58. The molecule has 3 nitrogen and oxygen atoms in total. The molecule has 1 heterocycles. The number of hydrogen-bond donors (Lipinski definition) is 0. The quantitative estimate of drug-likeness (QED) is 0.522. The summed E-state index contributed by atoms with van der Waals surface area (Å²) < 4.78 is 5.13. The molecular weight excluding hydrogens is 142 g/mol. The van der Waals surface area contributed by atoms with Gasteiger partial charge in [0.05, 0.1) is 6.42 Å². The molecule has 0 saturated heterocycles. The maximum atomic E-state index is 11.1. The molecule has 58 valence electrons. The molecule has 0 spiro atoms. The van der Waals surface area contributed by atoms with Crippen molar-refractivity contribution in [2.24, 2.45) is 0 Å². The van der Waals surface area contributed by atoms with Crippen molar-refractivity contribution < 1.29 is 9.53 Å². The van der Waals surface area contributed by atoms with Gasteiger partial charge in [0.2, 0.25) is 0 Å². The van der Waals surface area contributed by atoms with E-state index in [2.05, 4.69) is 0 Å². The lowest BCUT2D eigenvalue weighted by Crippen LogP contribution is -2.30. The molecule has 1 rings (SSSR count). The topological polar surface area (TPSA) is 50.1 Å². The van der Waals surface area contributed by atoms with Gasteiger partial charge in [-0.15, -0.1) is 0 Å². The standard InChI is InChI=1S/C8H9NO2/c1-8(2)3-7(10)6(4-9)5-11-8/h5H,3H2,1-2H3. The summed E-state index contributed by atoms with van der Waals surface area (Å²) in [5, 5.41) is 8.41. The van der Waals surface area contributed by atoms with Gasteiger partial charge in [0, 0.05) is 0 Å². The average molecular weight is 151 g/mol. The molecule has 1 aliphatic rings. The number of Topliss-reactive ketones (excluding diaryl/α,β-unsaturated/α-hetero) is 1. The van der Waals surface area contributed by atoms with Crippen molar-refractivity contribution >= 4 is 5.78 Å². The van der Waals surface area contributed by atoms with Crippen molar-refractivity contribution in [1.29, 1.82) is 5.26 Å². The Kier molecular flexibility index (Phi) is 1.69. The smallest absolute Gasteiger partial charge is 0.180 e. The summed E-state index contributed by atoms with van der Waals surface area (Å²) in [4.78, 5) is 11.1. The predicted octanol–water partition coefficient (Wildman–Crippen LogP) is 1.16. The summed E-state index contributed by atoms with van der Waals surface area (Å²) in [6.07, 6.45) is 1.53. The lowest BCUT2D eigenvalue weighted by Gasteiger charge is -2.26. The van der Waals surface area contributed by atoms with Gasteiger partial charge in [0.25, 0.3) is 0 Å². The van der Waals surface area contributed by atoms with Gasteiger partial charge in [-0.3, -0.25) is 4.79 Å². The maximum absolute atomic E-state index is 11.1. The van der Waals surface area contributed by atoms with E-state index in [1.807, 2.05) is 13.8 Å². The number of carbonyl (C=O) groups is 1. The minimum absolute atomic E-state index is 0.115. The van der Waals surface area contributed by atoms with Crippen LogP contribution in [0.25, 0.3) is 0 Å². The highest BCUT2D eigenvalue weighted by Crippen LogP contribution is 2.22. The van der Waals surface area contributed by atoms with Gasteiger partial charge in [-0.1, -0.05) is 0 Å². The molecular formula is C8H9NO2. The Hall–Kier alpha value is -1.30. The summed E-state index contributed by atoms with van der Waals surface area (Å²) in [5.74, 6) is -0.135. The molecule has 0 bridgehead atoms. The Balaban J connectivity index is 2.87. The minimum Gasteiger partial charge on any atom is -0.493 e. The molecule has 0 radical (unpaired) electrons. The van der Waals surface area contributed by atoms with E-state index in [1.165, 1.54) is 6.26 Å². The maximum Gasteiger partial charge on any atom is 0.180 e. The molecule has 0 saturated carbocycles. The molecule has 3 heteroatoms. The fourth-order valence-corrected chi connectivity index (χ4v) is 0.896. The van der Waals surface area contributed by atoms with Crippen LogP contribution in [0.2, 0.25) is 0 Å². The van der Waals surface area contributed by atoms with Gasteiger partial charge < -0.3 is 4.74 Å². The van der Waals surface area contributed by atoms with E-state index in [1.54, 1.807) is 6.07 Å². The van der Waals surface area contributed by atoms with E-state index < -0.39 is 5.60 Å². The van der Waals surface area contributed by atoms with Crippen LogP contribution in [-0.2, 0) is 9.53 Å². The molecule has 0 aliphatic carbocycles. The fourth-order valence-electron chi connectivity index (χ4n) is 0.896. The van der Waals surface area contributed by atoms with Crippen LogP contribution in [0.1, 0.15) is 20.3 Å².